The third-order valence-electron chi connectivity index (χ3n) is 3.46. The zero-order valence-corrected chi connectivity index (χ0v) is 13.0. The molecule has 4 atom stereocenters. The maximum atomic E-state index is 12.0. The average Bonchev–Trinajstić information content (AvgIpc) is 2.89. The molecule has 144 valence electrons. The van der Waals surface area contributed by atoms with Crippen molar-refractivity contribution in [2.24, 2.45) is 5.11 Å². The smallest absolute Gasteiger partial charge is 0.394 e. The largest absolute Gasteiger partial charge is 0.522 e. The van der Waals surface area contributed by atoms with Gasteiger partial charge in [0.05, 0.1) is 32.0 Å². The first kappa shape index (κ1) is 19.9. The van der Waals surface area contributed by atoms with Gasteiger partial charge in [-0.25, -0.2) is 4.79 Å². The van der Waals surface area contributed by atoms with E-state index in [9.17, 15) is 27.9 Å². The van der Waals surface area contributed by atoms with E-state index in [1.807, 2.05) is 4.98 Å². The van der Waals surface area contributed by atoms with Crippen LogP contribution in [0.1, 0.15) is 6.23 Å². The highest BCUT2D eigenvalue weighted by molar-refractivity contribution is 4.97. The van der Waals surface area contributed by atoms with Gasteiger partial charge in [-0.3, -0.25) is 19.1 Å². The zero-order chi connectivity index (χ0) is 19.3. The summed E-state index contributed by atoms with van der Waals surface area (Å²) in [5, 5.41) is 12.8. The lowest BCUT2D eigenvalue weighted by Crippen LogP contribution is -2.39. The molecule has 1 aliphatic rings. The van der Waals surface area contributed by atoms with Crippen LogP contribution in [0.4, 0.5) is 13.2 Å². The van der Waals surface area contributed by atoms with Gasteiger partial charge in [-0.2, -0.15) is 0 Å². The zero-order valence-electron chi connectivity index (χ0n) is 13.0. The van der Waals surface area contributed by atoms with Crippen LogP contribution in [0.25, 0.3) is 10.4 Å². The van der Waals surface area contributed by atoms with E-state index in [0.29, 0.717) is 0 Å². The SMILES string of the molecule is [N-]=[N+]=NC1[C@@H](OCCOC(F)(F)F)[C@H](n2ccc(=O)[nH]c2=O)O[C@@H]1CO. The third kappa shape index (κ3) is 4.83. The lowest BCUT2D eigenvalue weighted by Gasteiger charge is -2.22. The molecule has 0 amide bonds. The van der Waals surface area contributed by atoms with Crippen molar-refractivity contribution in [3.63, 3.8) is 0 Å². The number of nitrogens with zero attached hydrogens (tertiary/aromatic N) is 4. The van der Waals surface area contributed by atoms with E-state index >= 15 is 0 Å². The third-order valence-corrected chi connectivity index (χ3v) is 3.46. The molecular formula is C12H14F3N5O6. The Balaban J connectivity index is 2.24. The molecule has 0 saturated carbocycles. The second-order valence-electron chi connectivity index (χ2n) is 5.09. The Kier molecular flexibility index (Phi) is 6.39. The number of nitrogens with one attached hydrogen (secondary N) is 1. The first-order valence-corrected chi connectivity index (χ1v) is 7.21. The fourth-order valence-electron chi connectivity index (χ4n) is 2.44. The fraction of sp³-hybridized carbons (Fsp3) is 0.667. The molecule has 1 aromatic heterocycles. The van der Waals surface area contributed by atoms with Crippen molar-refractivity contribution in [3.8, 4) is 0 Å². The highest BCUT2D eigenvalue weighted by Crippen LogP contribution is 2.33. The highest BCUT2D eigenvalue weighted by Gasteiger charge is 2.46. The van der Waals surface area contributed by atoms with Crippen LogP contribution >= 0.6 is 0 Å². The van der Waals surface area contributed by atoms with Crippen molar-refractivity contribution in [2.45, 2.75) is 30.8 Å². The Morgan fingerprint density at radius 1 is 1.42 bits per heavy atom. The van der Waals surface area contributed by atoms with Crippen molar-refractivity contribution in [2.75, 3.05) is 19.8 Å². The molecule has 1 fully saturated rings. The normalized spacial score (nSPS) is 25.8. The molecule has 1 aromatic rings. The summed E-state index contributed by atoms with van der Waals surface area (Å²) < 4.78 is 51.3. The molecule has 1 aliphatic heterocycles. The molecule has 0 aromatic carbocycles. The van der Waals surface area contributed by atoms with Crippen LogP contribution in [0.2, 0.25) is 0 Å². The number of halogens is 3. The molecule has 0 radical (unpaired) electrons. The number of alkyl halides is 3. The highest BCUT2D eigenvalue weighted by atomic mass is 19.4. The van der Waals surface area contributed by atoms with Crippen LogP contribution in [0, 0.1) is 0 Å². The van der Waals surface area contributed by atoms with Crippen LogP contribution in [0.3, 0.4) is 0 Å². The predicted octanol–water partition coefficient (Wildman–Crippen LogP) is 0.0268. The van der Waals surface area contributed by atoms with Gasteiger partial charge in [0.15, 0.2) is 6.23 Å². The number of hydrogen-bond acceptors (Lipinski definition) is 7. The molecule has 2 rings (SSSR count). The summed E-state index contributed by atoms with van der Waals surface area (Å²) in [5.74, 6) is 0. The second-order valence-corrected chi connectivity index (χ2v) is 5.09. The van der Waals surface area contributed by atoms with Crippen LogP contribution in [0.5, 0.6) is 0 Å². The van der Waals surface area contributed by atoms with E-state index in [1.54, 1.807) is 0 Å². The lowest BCUT2D eigenvalue weighted by atomic mass is 10.1. The predicted molar refractivity (Wildman–Crippen MR) is 77.0 cm³/mol. The van der Waals surface area contributed by atoms with Crippen molar-refractivity contribution in [1.82, 2.24) is 9.55 Å². The number of aliphatic hydroxyl groups is 1. The number of aromatic amines is 1. The van der Waals surface area contributed by atoms with Gasteiger partial charge in [-0.15, -0.1) is 13.2 Å². The minimum atomic E-state index is -4.84. The summed E-state index contributed by atoms with van der Waals surface area (Å²) in [6.07, 6.45) is -7.28. The van der Waals surface area contributed by atoms with Gasteiger partial charge < -0.3 is 14.6 Å². The molecule has 0 spiro atoms. The van der Waals surface area contributed by atoms with Crippen molar-refractivity contribution >= 4 is 0 Å². The van der Waals surface area contributed by atoms with Crippen LogP contribution in [-0.2, 0) is 14.2 Å². The number of H-pyrrole nitrogens is 1. The summed E-state index contributed by atoms with van der Waals surface area (Å²) in [4.78, 5) is 27.7. The second kappa shape index (κ2) is 8.33. The minimum absolute atomic E-state index is 0.558. The Labute approximate surface area is 142 Å². The Bertz CT molecular complexity index is 774. The molecule has 0 bridgehead atoms. The van der Waals surface area contributed by atoms with Gasteiger partial charge in [0, 0.05) is 17.2 Å². The van der Waals surface area contributed by atoms with E-state index in [0.717, 1.165) is 16.8 Å². The first-order valence-electron chi connectivity index (χ1n) is 7.21. The van der Waals surface area contributed by atoms with Gasteiger partial charge in [-0.05, 0) is 5.53 Å². The van der Waals surface area contributed by atoms with Crippen LogP contribution in [-0.4, -0.2) is 59.1 Å². The van der Waals surface area contributed by atoms with E-state index in [4.69, 9.17) is 15.0 Å². The molecule has 0 aliphatic carbocycles. The summed E-state index contributed by atoms with van der Waals surface area (Å²) >= 11 is 0. The van der Waals surface area contributed by atoms with Crippen LogP contribution in [0.15, 0.2) is 27.0 Å². The Morgan fingerprint density at radius 2 is 2.15 bits per heavy atom. The van der Waals surface area contributed by atoms with E-state index in [-0.39, 0.29) is 0 Å². The molecular weight excluding hydrogens is 367 g/mol. The fourth-order valence-corrected chi connectivity index (χ4v) is 2.44. The minimum Gasteiger partial charge on any atom is -0.394 e. The molecule has 26 heavy (non-hydrogen) atoms. The molecule has 11 nitrogen and oxygen atoms in total. The maximum Gasteiger partial charge on any atom is 0.522 e. The summed E-state index contributed by atoms with van der Waals surface area (Å²) in [6.45, 7) is -2.00. The molecule has 14 heteroatoms. The quantitative estimate of drug-likeness (QED) is 0.294. The number of azide groups is 1. The van der Waals surface area contributed by atoms with Gasteiger partial charge in [0.25, 0.3) is 5.56 Å². The molecule has 2 heterocycles. The summed E-state index contributed by atoms with van der Waals surface area (Å²) in [5.41, 5.74) is 7.11. The molecule has 1 saturated heterocycles. The van der Waals surface area contributed by atoms with E-state index < -0.39 is 61.9 Å². The number of rotatable bonds is 7. The number of hydrogen-bond donors (Lipinski definition) is 2. The van der Waals surface area contributed by atoms with Gasteiger partial charge in [0.2, 0.25) is 0 Å². The number of aromatic nitrogens is 2. The van der Waals surface area contributed by atoms with Crippen molar-refractivity contribution < 1.29 is 32.5 Å². The lowest BCUT2D eigenvalue weighted by molar-refractivity contribution is -0.327. The Hall–Kier alpha value is -2.38. The molecule has 2 N–H and O–H groups in total. The van der Waals surface area contributed by atoms with E-state index in [1.165, 1.54) is 0 Å². The van der Waals surface area contributed by atoms with Gasteiger partial charge >= 0.3 is 12.1 Å². The topological polar surface area (TPSA) is 152 Å². The summed E-state index contributed by atoms with van der Waals surface area (Å²) in [7, 11) is 0. The monoisotopic (exact) mass is 381 g/mol. The Morgan fingerprint density at radius 3 is 2.73 bits per heavy atom. The number of aliphatic hydroxyl groups excluding tert-OH is 1. The maximum absolute atomic E-state index is 12.0. The summed E-state index contributed by atoms with van der Waals surface area (Å²) in [6, 6.07) is -0.108. The van der Waals surface area contributed by atoms with E-state index in [2.05, 4.69) is 14.8 Å². The van der Waals surface area contributed by atoms with Crippen molar-refractivity contribution in [3.05, 3.63) is 43.5 Å². The van der Waals surface area contributed by atoms with Crippen LogP contribution < -0.4 is 11.2 Å². The molecule has 1 unspecified atom stereocenters. The van der Waals surface area contributed by atoms with Gasteiger partial charge in [-0.1, -0.05) is 5.11 Å². The van der Waals surface area contributed by atoms with Crippen molar-refractivity contribution in [1.29, 1.82) is 0 Å². The first-order chi connectivity index (χ1) is 12.3. The number of ether oxygens (including phenoxy) is 3. The average molecular weight is 381 g/mol. The standard InChI is InChI=1S/C12H14F3N5O6/c13-12(14,15)25-4-3-24-9-8(18-19-16)6(5-21)26-10(9)20-2-1-7(22)17-11(20)23/h1-2,6,8-10,21H,3-5H2,(H,17,22,23)/t6-,8?,9-,10-/m1/s1. The van der Waals surface area contributed by atoms with Gasteiger partial charge in [0.1, 0.15) is 6.10 Å².